The zero-order valence-electron chi connectivity index (χ0n) is 10.2. The lowest BCUT2D eigenvalue weighted by Crippen LogP contribution is -2.03. The number of benzene rings is 1. The molecule has 0 spiro atoms. The summed E-state index contributed by atoms with van der Waals surface area (Å²) in [5, 5.41) is 0. The van der Waals surface area contributed by atoms with Crippen molar-refractivity contribution in [2.75, 3.05) is 0 Å². The van der Waals surface area contributed by atoms with E-state index in [0.29, 0.717) is 12.3 Å². The van der Waals surface area contributed by atoms with Gasteiger partial charge in [-0.3, -0.25) is 4.79 Å². The molecule has 0 aliphatic heterocycles. The highest BCUT2D eigenvalue weighted by molar-refractivity contribution is 5.77. The third-order valence-corrected chi connectivity index (χ3v) is 2.56. The monoisotopic (exact) mass is 216 g/mol. The number of hydrogen-bond donors (Lipinski definition) is 0. The lowest BCUT2D eigenvalue weighted by molar-refractivity contribution is -0.116. The highest BCUT2D eigenvalue weighted by atomic mass is 16.1. The van der Waals surface area contributed by atoms with Crippen LogP contribution in [0.25, 0.3) is 0 Å². The minimum absolute atomic E-state index is 0.205. The lowest BCUT2D eigenvalue weighted by atomic mass is 9.93. The van der Waals surface area contributed by atoms with Gasteiger partial charge >= 0.3 is 0 Å². The Hall–Kier alpha value is -1.37. The van der Waals surface area contributed by atoms with Crippen molar-refractivity contribution in [1.29, 1.82) is 0 Å². The molecule has 0 bridgehead atoms. The first kappa shape index (κ1) is 12.7. The molecule has 1 unspecified atom stereocenters. The van der Waals surface area contributed by atoms with Crippen LogP contribution in [0.5, 0.6) is 0 Å². The van der Waals surface area contributed by atoms with Crippen LogP contribution in [0.3, 0.4) is 0 Å². The van der Waals surface area contributed by atoms with Gasteiger partial charge in [-0.1, -0.05) is 49.4 Å². The largest absolute Gasteiger partial charge is 0.300 e. The van der Waals surface area contributed by atoms with E-state index < -0.39 is 0 Å². The van der Waals surface area contributed by atoms with Crippen LogP contribution in [0.15, 0.2) is 42.5 Å². The molecule has 1 aromatic carbocycles. The summed E-state index contributed by atoms with van der Waals surface area (Å²) < 4.78 is 0. The van der Waals surface area contributed by atoms with Gasteiger partial charge in [0.1, 0.15) is 5.78 Å². The van der Waals surface area contributed by atoms with Gasteiger partial charge in [0.2, 0.25) is 0 Å². The number of carbonyl (C=O) groups excluding carboxylic acids is 1. The minimum Gasteiger partial charge on any atom is -0.300 e. The van der Waals surface area contributed by atoms with Crippen LogP contribution in [0.4, 0.5) is 0 Å². The summed E-state index contributed by atoms with van der Waals surface area (Å²) in [6.07, 6.45) is 2.52. The summed E-state index contributed by atoms with van der Waals surface area (Å²) in [4.78, 5) is 10.9. The van der Waals surface area contributed by atoms with E-state index in [2.05, 4.69) is 37.8 Å². The van der Waals surface area contributed by atoms with Crippen molar-refractivity contribution in [1.82, 2.24) is 0 Å². The molecule has 0 aromatic heterocycles. The third kappa shape index (κ3) is 4.92. The van der Waals surface area contributed by atoms with Crippen LogP contribution >= 0.6 is 0 Å². The predicted octanol–water partition coefficient (Wildman–Crippen LogP) is 3.79. The van der Waals surface area contributed by atoms with Crippen LogP contribution < -0.4 is 0 Å². The normalized spacial score (nSPS) is 12.1. The van der Waals surface area contributed by atoms with E-state index in [9.17, 15) is 4.79 Å². The maximum absolute atomic E-state index is 10.9. The number of Topliss-reactive ketones (excluding diaryl/α,β-unsaturated/α-hetero) is 1. The van der Waals surface area contributed by atoms with Crippen LogP contribution in [0, 0.1) is 5.92 Å². The van der Waals surface area contributed by atoms with Crippen LogP contribution in [-0.4, -0.2) is 5.78 Å². The van der Waals surface area contributed by atoms with E-state index in [1.165, 1.54) is 5.56 Å². The molecule has 0 amide bonds. The Kier molecular flexibility index (Phi) is 4.97. The Labute approximate surface area is 98.2 Å². The molecule has 1 aromatic rings. The molecule has 0 heterocycles. The number of hydrogen-bond acceptors (Lipinski definition) is 1. The summed E-state index contributed by atoms with van der Waals surface area (Å²) in [6.45, 7) is 7.78. The highest BCUT2D eigenvalue weighted by Crippen LogP contribution is 2.17. The van der Waals surface area contributed by atoms with E-state index in [0.717, 1.165) is 18.4 Å². The van der Waals surface area contributed by atoms with Gasteiger partial charge in [-0.2, -0.15) is 0 Å². The maximum atomic E-state index is 10.9. The SMILES string of the molecule is C=C(CC(C)=O)CC(C)Cc1ccccc1. The van der Waals surface area contributed by atoms with Crippen LogP contribution in [-0.2, 0) is 11.2 Å². The van der Waals surface area contributed by atoms with Crippen molar-refractivity contribution < 1.29 is 4.79 Å². The smallest absolute Gasteiger partial charge is 0.133 e. The fraction of sp³-hybridized carbons (Fsp3) is 0.400. The maximum Gasteiger partial charge on any atom is 0.133 e. The summed E-state index contributed by atoms with van der Waals surface area (Å²) in [5.74, 6) is 0.756. The topological polar surface area (TPSA) is 17.1 Å². The Balaban J connectivity index is 2.39. The van der Waals surface area contributed by atoms with E-state index in [1.807, 2.05) is 6.07 Å². The summed E-state index contributed by atoms with van der Waals surface area (Å²) in [5.41, 5.74) is 2.40. The lowest BCUT2D eigenvalue weighted by Gasteiger charge is -2.12. The molecular formula is C15H20O. The third-order valence-electron chi connectivity index (χ3n) is 2.56. The first-order valence-electron chi connectivity index (χ1n) is 5.78. The van der Waals surface area contributed by atoms with Crippen molar-refractivity contribution in [2.24, 2.45) is 5.92 Å². The number of allylic oxidation sites excluding steroid dienone is 1. The molecule has 0 aliphatic carbocycles. The van der Waals surface area contributed by atoms with Crippen molar-refractivity contribution in [2.45, 2.75) is 33.1 Å². The minimum atomic E-state index is 0.205. The second-order valence-electron chi connectivity index (χ2n) is 4.63. The second kappa shape index (κ2) is 6.26. The molecule has 1 heteroatoms. The van der Waals surface area contributed by atoms with Gasteiger partial charge in [-0.05, 0) is 31.2 Å². The number of carbonyl (C=O) groups is 1. The number of rotatable bonds is 6. The van der Waals surface area contributed by atoms with Gasteiger partial charge in [-0.25, -0.2) is 0 Å². The van der Waals surface area contributed by atoms with Crippen LogP contribution in [0.1, 0.15) is 32.3 Å². The summed E-state index contributed by atoms with van der Waals surface area (Å²) in [6, 6.07) is 10.4. The van der Waals surface area contributed by atoms with Crippen molar-refractivity contribution in [3.05, 3.63) is 48.0 Å². The van der Waals surface area contributed by atoms with E-state index in [-0.39, 0.29) is 5.78 Å². The quantitative estimate of drug-likeness (QED) is 0.661. The molecule has 0 aliphatic rings. The Morgan fingerprint density at radius 1 is 1.31 bits per heavy atom. The Bertz CT molecular complexity index is 351. The molecule has 0 saturated heterocycles. The molecule has 86 valence electrons. The van der Waals surface area contributed by atoms with Gasteiger partial charge in [0, 0.05) is 6.42 Å². The van der Waals surface area contributed by atoms with E-state index in [4.69, 9.17) is 0 Å². The molecular weight excluding hydrogens is 196 g/mol. The van der Waals surface area contributed by atoms with Crippen molar-refractivity contribution in [3.8, 4) is 0 Å². The highest BCUT2D eigenvalue weighted by Gasteiger charge is 2.07. The van der Waals surface area contributed by atoms with E-state index >= 15 is 0 Å². The summed E-state index contributed by atoms with van der Waals surface area (Å²) >= 11 is 0. The fourth-order valence-corrected chi connectivity index (χ4v) is 2.01. The van der Waals surface area contributed by atoms with Crippen molar-refractivity contribution in [3.63, 3.8) is 0 Å². The molecule has 1 atom stereocenters. The summed E-state index contributed by atoms with van der Waals surface area (Å²) in [7, 11) is 0. The first-order chi connectivity index (χ1) is 7.58. The zero-order chi connectivity index (χ0) is 12.0. The van der Waals surface area contributed by atoms with E-state index in [1.54, 1.807) is 6.92 Å². The molecule has 0 fully saturated rings. The molecule has 0 N–H and O–H groups in total. The Morgan fingerprint density at radius 2 is 1.94 bits per heavy atom. The van der Waals surface area contributed by atoms with Crippen molar-refractivity contribution >= 4 is 5.78 Å². The predicted molar refractivity (Wildman–Crippen MR) is 68.4 cm³/mol. The second-order valence-corrected chi connectivity index (χ2v) is 4.63. The standard InChI is InChI=1S/C15H20O/c1-12(10-14(3)16)9-13(2)11-15-7-5-4-6-8-15/h4-8,13H,1,9-11H2,2-3H3. The van der Waals surface area contributed by atoms with Gasteiger partial charge in [-0.15, -0.1) is 0 Å². The average molecular weight is 216 g/mol. The zero-order valence-corrected chi connectivity index (χ0v) is 10.2. The van der Waals surface area contributed by atoms with Gasteiger partial charge in [0.05, 0.1) is 0 Å². The molecule has 16 heavy (non-hydrogen) atoms. The molecule has 0 radical (unpaired) electrons. The van der Waals surface area contributed by atoms with Gasteiger partial charge < -0.3 is 0 Å². The van der Waals surface area contributed by atoms with Gasteiger partial charge in [0.15, 0.2) is 0 Å². The van der Waals surface area contributed by atoms with Gasteiger partial charge in [0.25, 0.3) is 0 Å². The first-order valence-corrected chi connectivity index (χ1v) is 5.78. The average Bonchev–Trinajstić information content (AvgIpc) is 2.17. The molecule has 0 saturated carbocycles. The molecule has 1 nitrogen and oxygen atoms in total. The Morgan fingerprint density at radius 3 is 2.50 bits per heavy atom. The van der Waals surface area contributed by atoms with Crippen LogP contribution in [0.2, 0.25) is 0 Å². The number of ketones is 1. The molecule has 1 rings (SSSR count). The fourth-order valence-electron chi connectivity index (χ4n) is 2.01.